The van der Waals surface area contributed by atoms with E-state index in [9.17, 15) is 8.42 Å². The third-order valence-corrected chi connectivity index (χ3v) is 6.62. The average Bonchev–Trinajstić information content (AvgIpc) is 2.89. The molecule has 2 saturated carbocycles. The molecule has 2 aliphatic carbocycles. The smallest absolute Gasteiger partial charge is 0.157 e. The molecule has 0 heterocycles. The lowest BCUT2D eigenvalue weighted by atomic mass is 10.1. The minimum absolute atomic E-state index is 0.142. The molecular weight excluding hydrogens is 210 g/mol. The van der Waals surface area contributed by atoms with Crippen LogP contribution < -0.4 is 0 Å². The van der Waals surface area contributed by atoms with Gasteiger partial charge in [-0.05, 0) is 25.7 Å². The maximum atomic E-state index is 12.3. The van der Waals surface area contributed by atoms with Crippen molar-refractivity contribution in [2.24, 2.45) is 5.92 Å². The number of hydrogen-bond acceptors (Lipinski definition) is 3. The Bertz CT molecular complexity index is 363. The Kier molecular flexibility index (Phi) is 3.01. The summed E-state index contributed by atoms with van der Waals surface area (Å²) in [5, 5.41) is 8.43. The minimum atomic E-state index is -3.02. The maximum Gasteiger partial charge on any atom is 0.157 e. The van der Waals surface area contributed by atoms with Crippen molar-refractivity contribution in [3.63, 3.8) is 0 Å². The van der Waals surface area contributed by atoms with Gasteiger partial charge < -0.3 is 0 Å². The second kappa shape index (κ2) is 4.13. The van der Waals surface area contributed by atoms with Crippen LogP contribution in [0.1, 0.15) is 44.9 Å². The molecule has 0 aromatic rings. The number of nitriles is 1. The predicted octanol–water partition coefficient (Wildman–Crippen LogP) is 2.04. The van der Waals surface area contributed by atoms with Gasteiger partial charge >= 0.3 is 0 Å². The van der Waals surface area contributed by atoms with Crippen LogP contribution in [0.4, 0.5) is 0 Å². The molecule has 0 aromatic heterocycles. The Morgan fingerprint density at radius 2 is 1.67 bits per heavy atom. The lowest BCUT2D eigenvalue weighted by molar-refractivity contribution is 0.549. The third-order valence-electron chi connectivity index (χ3n) is 3.81. The fraction of sp³-hybridized carbons (Fsp3) is 0.909. The van der Waals surface area contributed by atoms with Gasteiger partial charge in [-0.3, -0.25) is 0 Å². The fourth-order valence-electron chi connectivity index (χ4n) is 2.93. The van der Waals surface area contributed by atoms with E-state index in [1.807, 2.05) is 0 Å². The minimum Gasteiger partial charge on any atom is -0.228 e. The quantitative estimate of drug-likeness (QED) is 0.725. The largest absolute Gasteiger partial charge is 0.228 e. The molecule has 0 aliphatic heterocycles. The van der Waals surface area contributed by atoms with Gasteiger partial charge in [-0.15, -0.1) is 0 Å². The Morgan fingerprint density at radius 1 is 1.00 bits per heavy atom. The van der Waals surface area contributed by atoms with E-state index in [0.717, 1.165) is 38.5 Å². The molecular formula is C11H17NO2S. The first-order valence-corrected chi connectivity index (χ1v) is 7.39. The zero-order chi connectivity index (χ0) is 10.9. The molecule has 0 bridgehead atoms. The lowest BCUT2D eigenvalue weighted by Crippen LogP contribution is -2.32. The van der Waals surface area contributed by atoms with Crippen molar-refractivity contribution < 1.29 is 8.42 Å². The Morgan fingerprint density at radius 3 is 2.27 bits per heavy atom. The van der Waals surface area contributed by atoms with Gasteiger partial charge in [0, 0.05) is 0 Å². The van der Waals surface area contributed by atoms with Crippen LogP contribution in [0.5, 0.6) is 0 Å². The summed E-state index contributed by atoms with van der Waals surface area (Å²) in [4.78, 5) is 0. The van der Waals surface area contributed by atoms with E-state index >= 15 is 0 Å². The van der Waals surface area contributed by atoms with Crippen molar-refractivity contribution in [3.05, 3.63) is 0 Å². The van der Waals surface area contributed by atoms with Crippen LogP contribution in [-0.4, -0.2) is 18.9 Å². The first kappa shape index (κ1) is 10.9. The van der Waals surface area contributed by atoms with Gasteiger partial charge in [0.1, 0.15) is 0 Å². The number of hydrogen-bond donors (Lipinski definition) is 0. The van der Waals surface area contributed by atoms with Crippen LogP contribution in [-0.2, 0) is 9.84 Å². The molecule has 84 valence electrons. The van der Waals surface area contributed by atoms with E-state index in [-0.39, 0.29) is 16.4 Å². The van der Waals surface area contributed by atoms with Gasteiger partial charge in [-0.2, -0.15) is 5.26 Å². The molecule has 0 radical (unpaired) electrons. The summed E-state index contributed by atoms with van der Waals surface area (Å²) in [5.41, 5.74) is 0. The van der Waals surface area contributed by atoms with E-state index in [0.29, 0.717) is 6.42 Å². The molecule has 2 atom stereocenters. The van der Waals surface area contributed by atoms with Gasteiger partial charge in [0.2, 0.25) is 0 Å². The molecule has 0 amide bonds. The van der Waals surface area contributed by atoms with Gasteiger partial charge in [0.15, 0.2) is 9.84 Å². The topological polar surface area (TPSA) is 57.9 Å². The van der Waals surface area contributed by atoms with Crippen molar-refractivity contribution in [1.82, 2.24) is 0 Å². The fourth-order valence-corrected chi connectivity index (χ4v) is 5.57. The highest BCUT2D eigenvalue weighted by Crippen LogP contribution is 2.36. The highest BCUT2D eigenvalue weighted by molar-refractivity contribution is 7.92. The van der Waals surface area contributed by atoms with Crippen LogP contribution in [0.2, 0.25) is 0 Å². The summed E-state index contributed by atoms with van der Waals surface area (Å²) < 4.78 is 24.5. The standard InChI is InChI=1S/C11H17NO2S/c12-8-9-4-3-7-11(9)15(13,14)10-5-1-2-6-10/h9-11H,1-7H2. The summed E-state index contributed by atoms with van der Waals surface area (Å²) in [6, 6.07) is 2.16. The third kappa shape index (κ3) is 1.90. The Labute approximate surface area is 91.4 Å². The van der Waals surface area contributed by atoms with Gasteiger partial charge in [-0.25, -0.2) is 8.42 Å². The SMILES string of the molecule is N#CC1CCCC1S(=O)(=O)C1CCCC1. The summed E-state index contributed by atoms with van der Waals surface area (Å²) in [5.74, 6) is -0.240. The highest BCUT2D eigenvalue weighted by atomic mass is 32.2. The number of nitrogens with zero attached hydrogens (tertiary/aromatic N) is 1. The van der Waals surface area contributed by atoms with E-state index in [2.05, 4.69) is 6.07 Å². The van der Waals surface area contributed by atoms with Crippen molar-refractivity contribution >= 4 is 9.84 Å². The molecule has 3 nitrogen and oxygen atoms in total. The Balaban J connectivity index is 2.18. The average molecular weight is 227 g/mol. The number of sulfone groups is 1. The Hall–Kier alpha value is -0.560. The van der Waals surface area contributed by atoms with Crippen LogP contribution >= 0.6 is 0 Å². The molecule has 2 fully saturated rings. The summed E-state index contributed by atoms with van der Waals surface area (Å²) in [7, 11) is -3.02. The molecule has 0 aromatic carbocycles. The second-order valence-electron chi connectivity index (χ2n) is 4.70. The first-order chi connectivity index (χ1) is 7.16. The molecule has 0 N–H and O–H groups in total. The van der Waals surface area contributed by atoms with Crippen molar-refractivity contribution in [2.45, 2.75) is 55.4 Å². The van der Waals surface area contributed by atoms with Gasteiger partial charge in [0.05, 0.1) is 22.5 Å². The zero-order valence-corrected chi connectivity index (χ0v) is 9.67. The molecule has 0 saturated heterocycles. The van der Waals surface area contributed by atoms with E-state index < -0.39 is 9.84 Å². The van der Waals surface area contributed by atoms with E-state index in [1.54, 1.807) is 0 Å². The zero-order valence-electron chi connectivity index (χ0n) is 8.85. The van der Waals surface area contributed by atoms with E-state index in [1.165, 1.54) is 0 Å². The highest BCUT2D eigenvalue weighted by Gasteiger charge is 2.42. The van der Waals surface area contributed by atoms with Crippen LogP contribution in [0.3, 0.4) is 0 Å². The lowest BCUT2D eigenvalue weighted by Gasteiger charge is -2.19. The van der Waals surface area contributed by atoms with Crippen LogP contribution in [0, 0.1) is 17.2 Å². The molecule has 2 rings (SSSR count). The van der Waals surface area contributed by atoms with E-state index in [4.69, 9.17) is 5.26 Å². The number of rotatable bonds is 2. The van der Waals surface area contributed by atoms with Gasteiger partial charge in [0.25, 0.3) is 0 Å². The molecule has 0 spiro atoms. The van der Waals surface area contributed by atoms with Crippen LogP contribution in [0.15, 0.2) is 0 Å². The molecule has 2 aliphatic rings. The summed E-state index contributed by atoms with van der Waals surface area (Å²) in [6.07, 6.45) is 6.08. The maximum absolute atomic E-state index is 12.3. The normalized spacial score (nSPS) is 33.0. The monoisotopic (exact) mass is 227 g/mol. The molecule has 4 heteroatoms. The summed E-state index contributed by atoms with van der Waals surface area (Å²) >= 11 is 0. The summed E-state index contributed by atoms with van der Waals surface area (Å²) in [6.45, 7) is 0. The van der Waals surface area contributed by atoms with Crippen molar-refractivity contribution in [1.29, 1.82) is 5.26 Å². The predicted molar refractivity (Wildman–Crippen MR) is 57.9 cm³/mol. The van der Waals surface area contributed by atoms with Crippen molar-refractivity contribution in [2.75, 3.05) is 0 Å². The van der Waals surface area contributed by atoms with Gasteiger partial charge in [-0.1, -0.05) is 19.3 Å². The van der Waals surface area contributed by atoms with Crippen molar-refractivity contribution in [3.8, 4) is 6.07 Å². The molecule has 15 heavy (non-hydrogen) atoms. The molecule has 2 unspecified atom stereocenters. The van der Waals surface area contributed by atoms with Crippen LogP contribution in [0.25, 0.3) is 0 Å². The first-order valence-electron chi connectivity index (χ1n) is 5.78. The second-order valence-corrected chi connectivity index (χ2v) is 7.15.